The van der Waals surface area contributed by atoms with Crippen molar-refractivity contribution in [2.75, 3.05) is 0 Å². The fourth-order valence-corrected chi connectivity index (χ4v) is 0.768. The van der Waals surface area contributed by atoms with E-state index in [0.29, 0.717) is 5.96 Å². The Balaban J connectivity index is 2.46. The topological polar surface area (TPSA) is 69.0 Å². The van der Waals surface area contributed by atoms with E-state index in [1.807, 2.05) is 0 Å². The second-order valence-corrected chi connectivity index (χ2v) is 2.42. The van der Waals surface area contributed by atoms with Crippen LogP contribution >= 0.6 is 11.6 Å². The summed E-state index contributed by atoms with van der Waals surface area (Å²) < 4.78 is 0. The fourth-order valence-electron chi connectivity index (χ4n) is 0.614. The Morgan fingerprint density at radius 2 is 2.64 bits per heavy atom. The van der Waals surface area contributed by atoms with Crippen LogP contribution in [-0.4, -0.2) is 29.3 Å². The highest BCUT2D eigenvalue weighted by Gasteiger charge is 2.07. The van der Waals surface area contributed by atoms with Crippen molar-refractivity contribution in [3.63, 3.8) is 0 Å². The van der Waals surface area contributed by atoms with Gasteiger partial charge in [-0.1, -0.05) is 11.6 Å². The van der Waals surface area contributed by atoms with Crippen molar-refractivity contribution in [1.29, 1.82) is 0 Å². The Bertz CT molecular complexity index is 191. The van der Waals surface area contributed by atoms with Gasteiger partial charge in [-0.05, 0) is 6.92 Å². The summed E-state index contributed by atoms with van der Waals surface area (Å²) in [7, 11) is 0. The second-order valence-electron chi connectivity index (χ2n) is 2.03. The summed E-state index contributed by atoms with van der Waals surface area (Å²) in [5, 5.41) is 14.2. The normalized spacial score (nSPS) is 25.4. The molecule has 1 aliphatic rings. The van der Waals surface area contributed by atoms with Gasteiger partial charge in [-0.3, -0.25) is 0 Å². The van der Waals surface area contributed by atoms with Gasteiger partial charge in [-0.25, -0.2) is 9.98 Å². The van der Waals surface area contributed by atoms with Crippen LogP contribution in [-0.2, 0) is 0 Å². The van der Waals surface area contributed by atoms with Crippen molar-refractivity contribution in [2.45, 2.75) is 18.8 Å². The Hall–Kier alpha value is -0.810. The van der Waals surface area contributed by atoms with Gasteiger partial charge in [0.25, 0.3) is 0 Å². The molecule has 0 aromatic rings. The predicted molar refractivity (Wildman–Crippen MR) is 43.5 cm³/mol. The number of alkyl halides is 1. The van der Waals surface area contributed by atoms with Crippen LogP contribution in [0.15, 0.2) is 9.98 Å². The summed E-state index contributed by atoms with van der Waals surface area (Å²) in [4.78, 5) is 7.53. The first-order valence-electron chi connectivity index (χ1n) is 3.13. The molecule has 6 heteroatoms. The Morgan fingerprint density at radius 3 is 3.18 bits per heavy atom. The summed E-state index contributed by atoms with van der Waals surface area (Å²) >= 11 is 5.55. The van der Waals surface area contributed by atoms with E-state index in [1.165, 1.54) is 6.34 Å². The molecule has 1 aliphatic heterocycles. The van der Waals surface area contributed by atoms with Gasteiger partial charge in [0.05, 0.1) is 6.34 Å². The zero-order valence-electron chi connectivity index (χ0n) is 5.95. The molecule has 0 saturated carbocycles. The number of rotatable bonds is 1. The number of nitrogens with zero attached hydrogens (tertiary/aromatic N) is 2. The molecule has 11 heavy (non-hydrogen) atoms. The quantitative estimate of drug-likeness (QED) is 0.285. The molecule has 0 radical (unpaired) electrons. The highest BCUT2D eigenvalue weighted by Crippen LogP contribution is 2.00. The molecule has 62 valence electrons. The van der Waals surface area contributed by atoms with Gasteiger partial charge in [0.2, 0.25) is 11.6 Å². The maximum Gasteiger partial charge on any atom is 0.219 e. The van der Waals surface area contributed by atoms with E-state index >= 15 is 0 Å². The molecule has 0 amide bonds. The summed E-state index contributed by atoms with van der Waals surface area (Å²) in [6.07, 6.45) is 0.770. The van der Waals surface area contributed by atoms with Crippen LogP contribution in [0.2, 0.25) is 0 Å². The van der Waals surface area contributed by atoms with Gasteiger partial charge in [-0.15, -0.1) is 0 Å². The molecule has 0 aromatic carbocycles. The van der Waals surface area contributed by atoms with Crippen LogP contribution in [0, 0.1) is 0 Å². The monoisotopic (exact) mass is 176 g/mol. The standard InChI is InChI=1S/C5H9ClN4O/c1-3(11)9-5-8-2-7-4(6)10-5/h2-4,11H,1H3,(H2,7,8,9,10). The molecular formula is C5H9ClN4O. The number of aliphatic hydroxyl groups is 1. The van der Waals surface area contributed by atoms with Gasteiger partial charge in [0.15, 0.2) is 0 Å². The first-order valence-corrected chi connectivity index (χ1v) is 3.57. The number of aliphatic hydroxyl groups excluding tert-OH is 1. The average Bonchev–Trinajstić information content (AvgIpc) is 1.85. The van der Waals surface area contributed by atoms with Crippen LogP contribution in [0.4, 0.5) is 0 Å². The summed E-state index contributed by atoms with van der Waals surface area (Å²) in [6.45, 7) is 1.58. The van der Waals surface area contributed by atoms with Crippen molar-refractivity contribution in [2.24, 2.45) is 9.98 Å². The smallest absolute Gasteiger partial charge is 0.219 e. The van der Waals surface area contributed by atoms with Crippen molar-refractivity contribution in [3.8, 4) is 0 Å². The molecule has 0 bridgehead atoms. The first-order chi connectivity index (χ1) is 5.18. The minimum Gasteiger partial charge on any atom is -0.374 e. The Kier molecular flexibility index (Phi) is 2.67. The molecule has 0 aromatic heterocycles. The highest BCUT2D eigenvalue weighted by atomic mass is 35.5. The molecule has 1 rings (SSSR count). The van der Waals surface area contributed by atoms with E-state index in [-0.39, 0.29) is 0 Å². The Labute approximate surface area is 69.2 Å². The molecule has 3 N–H and O–H groups in total. The third-order valence-corrected chi connectivity index (χ3v) is 1.19. The number of halogens is 1. The third-order valence-electron chi connectivity index (χ3n) is 0.980. The van der Waals surface area contributed by atoms with Crippen LogP contribution in [0.1, 0.15) is 6.92 Å². The summed E-state index contributed by atoms with van der Waals surface area (Å²) in [6, 6.07) is 0. The number of nitrogens with one attached hydrogen (secondary N) is 2. The van der Waals surface area contributed by atoms with E-state index in [1.54, 1.807) is 6.92 Å². The molecule has 2 unspecified atom stereocenters. The van der Waals surface area contributed by atoms with Crippen molar-refractivity contribution in [1.82, 2.24) is 10.6 Å². The predicted octanol–water partition coefficient (Wildman–Crippen LogP) is -0.576. The third kappa shape index (κ3) is 2.73. The molecular weight excluding hydrogens is 168 g/mol. The maximum atomic E-state index is 8.87. The van der Waals surface area contributed by atoms with Gasteiger partial charge < -0.3 is 15.7 Å². The average molecular weight is 177 g/mol. The van der Waals surface area contributed by atoms with Crippen LogP contribution in [0.3, 0.4) is 0 Å². The zero-order valence-corrected chi connectivity index (χ0v) is 6.71. The van der Waals surface area contributed by atoms with Crippen molar-refractivity contribution < 1.29 is 5.11 Å². The van der Waals surface area contributed by atoms with Crippen molar-refractivity contribution in [3.05, 3.63) is 0 Å². The minimum absolute atomic E-state index is 0.426. The van der Waals surface area contributed by atoms with Crippen LogP contribution in [0.25, 0.3) is 0 Å². The molecule has 1 heterocycles. The van der Waals surface area contributed by atoms with Gasteiger partial charge in [0, 0.05) is 0 Å². The minimum atomic E-state index is -0.656. The largest absolute Gasteiger partial charge is 0.374 e. The highest BCUT2D eigenvalue weighted by molar-refractivity contribution is 6.21. The molecule has 0 spiro atoms. The fraction of sp³-hybridized carbons (Fsp3) is 0.600. The van der Waals surface area contributed by atoms with Crippen LogP contribution < -0.4 is 10.6 Å². The van der Waals surface area contributed by atoms with E-state index in [9.17, 15) is 0 Å². The lowest BCUT2D eigenvalue weighted by Gasteiger charge is -2.15. The second kappa shape index (κ2) is 3.54. The lowest BCUT2D eigenvalue weighted by molar-refractivity contribution is 0.179. The number of guanidine groups is 1. The van der Waals surface area contributed by atoms with E-state index in [0.717, 1.165) is 0 Å². The van der Waals surface area contributed by atoms with Crippen LogP contribution in [0.5, 0.6) is 0 Å². The molecule has 2 atom stereocenters. The van der Waals surface area contributed by atoms with Gasteiger partial charge in [0.1, 0.15) is 6.23 Å². The molecule has 5 nitrogen and oxygen atoms in total. The number of aliphatic imine (C=N–C) groups is 2. The molecule has 0 fully saturated rings. The maximum absolute atomic E-state index is 8.87. The first kappa shape index (κ1) is 8.29. The van der Waals surface area contributed by atoms with E-state index in [4.69, 9.17) is 16.7 Å². The van der Waals surface area contributed by atoms with E-state index < -0.39 is 11.9 Å². The summed E-state index contributed by atoms with van der Waals surface area (Å²) in [5.41, 5.74) is -0.600. The number of hydrogen-bond acceptors (Lipinski definition) is 5. The SMILES string of the molecule is CC(O)NC1=NC(Cl)N=CN1. The van der Waals surface area contributed by atoms with Gasteiger partial charge in [-0.2, -0.15) is 0 Å². The van der Waals surface area contributed by atoms with E-state index in [2.05, 4.69) is 20.6 Å². The summed E-state index contributed by atoms with van der Waals surface area (Å²) in [5.74, 6) is 0.426. The zero-order chi connectivity index (χ0) is 8.27. The lowest BCUT2D eigenvalue weighted by Crippen LogP contribution is -2.43. The van der Waals surface area contributed by atoms with Crippen molar-refractivity contribution >= 4 is 23.9 Å². The molecule has 0 saturated heterocycles. The molecule has 0 aliphatic carbocycles. The lowest BCUT2D eigenvalue weighted by atomic mass is 10.6. The van der Waals surface area contributed by atoms with Gasteiger partial charge >= 0.3 is 0 Å². The Morgan fingerprint density at radius 1 is 1.91 bits per heavy atom. The number of hydrogen-bond donors (Lipinski definition) is 3.